The Morgan fingerprint density at radius 3 is 2.41 bits per heavy atom. The Morgan fingerprint density at radius 1 is 1.29 bits per heavy atom. The molecule has 0 saturated carbocycles. The Balaban J connectivity index is 2.53. The van der Waals surface area contributed by atoms with Crippen molar-refractivity contribution in [1.29, 1.82) is 0 Å². The number of hydrogen-bond acceptors (Lipinski definition) is 4. The largest absolute Gasteiger partial charge is 0.466 e. The standard InChI is InChI=1S/C12H15BrN2OS/c1-6-7(2)16-8(3)11(6)12(15-14)9-4-17-5-10(9)13/h4-5,12,15H,14H2,1-3H3. The molecule has 0 amide bonds. The van der Waals surface area contributed by atoms with Gasteiger partial charge in [0.2, 0.25) is 0 Å². The molecule has 3 nitrogen and oxygen atoms in total. The van der Waals surface area contributed by atoms with E-state index >= 15 is 0 Å². The van der Waals surface area contributed by atoms with Crippen molar-refractivity contribution in [2.45, 2.75) is 26.8 Å². The number of thiophene rings is 1. The van der Waals surface area contributed by atoms with Crippen LogP contribution >= 0.6 is 27.3 Å². The third-order valence-electron chi connectivity index (χ3n) is 3.03. The highest BCUT2D eigenvalue weighted by Gasteiger charge is 2.23. The second-order valence-corrected chi connectivity index (χ2v) is 5.63. The number of furan rings is 1. The highest BCUT2D eigenvalue weighted by Crippen LogP contribution is 2.35. The van der Waals surface area contributed by atoms with E-state index in [4.69, 9.17) is 10.3 Å². The molecule has 0 saturated heterocycles. The van der Waals surface area contributed by atoms with Gasteiger partial charge in [0, 0.05) is 15.4 Å². The van der Waals surface area contributed by atoms with E-state index in [1.54, 1.807) is 11.3 Å². The molecule has 92 valence electrons. The van der Waals surface area contributed by atoms with Crippen molar-refractivity contribution in [3.05, 3.63) is 43.4 Å². The Bertz CT molecular complexity index is 533. The van der Waals surface area contributed by atoms with Gasteiger partial charge in [0.1, 0.15) is 11.5 Å². The molecule has 0 aliphatic heterocycles. The fourth-order valence-electron chi connectivity index (χ4n) is 2.06. The average molecular weight is 315 g/mol. The van der Waals surface area contributed by atoms with Gasteiger partial charge in [-0.3, -0.25) is 5.84 Å². The lowest BCUT2D eigenvalue weighted by molar-refractivity contribution is 0.494. The topological polar surface area (TPSA) is 51.2 Å². The number of hydrogen-bond donors (Lipinski definition) is 2. The lowest BCUT2D eigenvalue weighted by Crippen LogP contribution is -2.29. The summed E-state index contributed by atoms with van der Waals surface area (Å²) in [7, 11) is 0. The maximum Gasteiger partial charge on any atom is 0.106 e. The Morgan fingerprint density at radius 2 is 2.00 bits per heavy atom. The molecule has 0 aromatic carbocycles. The van der Waals surface area contributed by atoms with Crippen molar-refractivity contribution in [3.63, 3.8) is 0 Å². The smallest absolute Gasteiger partial charge is 0.106 e. The van der Waals surface area contributed by atoms with E-state index in [0.29, 0.717) is 0 Å². The van der Waals surface area contributed by atoms with Gasteiger partial charge in [-0.05, 0) is 53.2 Å². The highest BCUT2D eigenvalue weighted by molar-refractivity contribution is 9.10. The predicted molar refractivity (Wildman–Crippen MR) is 74.1 cm³/mol. The van der Waals surface area contributed by atoms with Gasteiger partial charge in [-0.15, -0.1) is 0 Å². The van der Waals surface area contributed by atoms with Gasteiger partial charge < -0.3 is 4.42 Å². The second-order valence-electron chi connectivity index (χ2n) is 4.03. The maximum atomic E-state index is 5.70. The molecule has 0 aliphatic rings. The quantitative estimate of drug-likeness (QED) is 0.672. The molecular formula is C12H15BrN2OS. The maximum absolute atomic E-state index is 5.70. The minimum absolute atomic E-state index is 0.0342. The lowest BCUT2D eigenvalue weighted by Gasteiger charge is -2.16. The number of nitrogens with one attached hydrogen (secondary N) is 1. The van der Waals surface area contributed by atoms with Crippen LogP contribution in [0.1, 0.15) is 34.3 Å². The van der Waals surface area contributed by atoms with Crippen molar-refractivity contribution in [2.24, 2.45) is 5.84 Å². The molecule has 0 spiro atoms. The summed E-state index contributed by atoms with van der Waals surface area (Å²) in [6, 6.07) is -0.0342. The van der Waals surface area contributed by atoms with Crippen LogP contribution in [0.4, 0.5) is 0 Å². The number of rotatable bonds is 3. The molecule has 0 aliphatic carbocycles. The highest BCUT2D eigenvalue weighted by atomic mass is 79.9. The van der Waals surface area contributed by atoms with Gasteiger partial charge >= 0.3 is 0 Å². The summed E-state index contributed by atoms with van der Waals surface area (Å²) in [6.45, 7) is 6.01. The van der Waals surface area contributed by atoms with Crippen LogP contribution in [-0.2, 0) is 0 Å². The van der Waals surface area contributed by atoms with Gasteiger partial charge in [0.15, 0.2) is 0 Å². The molecule has 3 N–H and O–H groups in total. The van der Waals surface area contributed by atoms with E-state index in [2.05, 4.69) is 39.0 Å². The summed E-state index contributed by atoms with van der Waals surface area (Å²) < 4.78 is 6.73. The SMILES string of the molecule is Cc1oc(C)c(C(NN)c2cscc2Br)c1C. The zero-order chi connectivity index (χ0) is 12.6. The molecule has 0 radical (unpaired) electrons. The first-order valence-electron chi connectivity index (χ1n) is 5.30. The summed E-state index contributed by atoms with van der Waals surface area (Å²) in [4.78, 5) is 0. The van der Waals surface area contributed by atoms with E-state index in [9.17, 15) is 0 Å². The van der Waals surface area contributed by atoms with Crippen LogP contribution in [0.2, 0.25) is 0 Å². The van der Waals surface area contributed by atoms with Gasteiger partial charge in [0.25, 0.3) is 0 Å². The number of aryl methyl sites for hydroxylation is 2. The molecule has 2 heterocycles. The molecule has 2 rings (SSSR count). The second kappa shape index (κ2) is 4.94. The van der Waals surface area contributed by atoms with Gasteiger partial charge in [-0.25, -0.2) is 5.43 Å². The van der Waals surface area contributed by atoms with E-state index in [1.807, 2.05) is 13.8 Å². The fraction of sp³-hybridized carbons (Fsp3) is 0.333. The third kappa shape index (κ3) is 2.20. The average Bonchev–Trinajstić information content (AvgIpc) is 2.79. The van der Waals surface area contributed by atoms with Crippen LogP contribution in [-0.4, -0.2) is 0 Å². The van der Waals surface area contributed by atoms with E-state index in [0.717, 1.165) is 32.7 Å². The number of hydrazine groups is 1. The third-order valence-corrected chi connectivity index (χ3v) is 4.78. The van der Waals surface area contributed by atoms with Crippen molar-refractivity contribution in [2.75, 3.05) is 0 Å². The first-order chi connectivity index (χ1) is 8.06. The molecule has 5 heteroatoms. The molecule has 0 bridgehead atoms. The molecule has 1 unspecified atom stereocenters. The van der Waals surface area contributed by atoms with E-state index < -0.39 is 0 Å². The number of halogens is 1. The summed E-state index contributed by atoms with van der Waals surface area (Å²) in [5, 5.41) is 4.15. The Hall–Kier alpha value is -0.620. The van der Waals surface area contributed by atoms with Crippen LogP contribution in [0.25, 0.3) is 0 Å². The van der Waals surface area contributed by atoms with Gasteiger partial charge in [-0.1, -0.05) is 0 Å². The zero-order valence-electron chi connectivity index (χ0n) is 10.0. The monoisotopic (exact) mass is 314 g/mol. The molecule has 0 fully saturated rings. The predicted octanol–water partition coefficient (Wildman–Crippen LogP) is 3.58. The van der Waals surface area contributed by atoms with Crippen LogP contribution in [0.15, 0.2) is 19.6 Å². The van der Waals surface area contributed by atoms with Crippen molar-refractivity contribution >= 4 is 27.3 Å². The van der Waals surface area contributed by atoms with Crippen LogP contribution in [0, 0.1) is 20.8 Å². The first kappa shape index (κ1) is 12.8. The summed E-state index contributed by atoms with van der Waals surface area (Å²) in [6.07, 6.45) is 0. The lowest BCUT2D eigenvalue weighted by atomic mass is 9.98. The van der Waals surface area contributed by atoms with Crippen molar-refractivity contribution in [3.8, 4) is 0 Å². The first-order valence-corrected chi connectivity index (χ1v) is 7.04. The van der Waals surface area contributed by atoms with Gasteiger partial charge in [0.05, 0.1) is 6.04 Å². The van der Waals surface area contributed by atoms with E-state index in [1.165, 1.54) is 0 Å². The van der Waals surface area contributed by atoms with Crippen LogP contribution < -0.4 is 11.3 Å². The summed E-state index contributed by atoms with van der Waals surface area (Å²) in [5.74, 6) is 7.57. The molecule has 17 heavy (non-hydrogen) atoms. The van der Waals surface area contributed by atoms with Crippen molar-refractivity contribution in [1.82, 2.24) is 5.43 Å². The Labute approximate surface area is 113 Å². The van der Waals surface area contributed by atoms with Crippen LogP contribution in [0.3, 0.4) is 0 Å². The molecule has 2 aromatic heterocycles. The summed E-state index contributed by atoms with van der Waals surface area (Å²) in [5.41, 5.74) is 6.30. The summed E-state index contributed by atoms with van der Waals surface area (Å²) >= 11 is 5.20. The van der Waals surface area contributed by atoms with Gasteiger partial charge in [-0.2, -0.15) is 11.3 Å². The normalized spacial score (nSPS) is 13.0. The minimum Gasteiger partial charge on any atom is -0.466 e. The molecule has 1 atom stereocenters. The fourth-order valence-corrected chi connectivity index (χ4v) is 3.61. The van der Waals surface area contributed by atoms with Crippen LogP contribution in [0.5, 0.6) is 0 Å². The zero-order valence-corrected chi connectivity index (χ0v) is 12.4. The number of nitrogens with two attached hydrogens (primary N) is 1. The Kier molecular flexibility index (Phi) is 3.73. The van der Waals surface area contributed by atoms with Crippen molar-refractivity contribution < 1.29 is 4.42 Å². The van der Waals surface area contributed by atoms with E-state index in [-0.39, 0.29) is 6.04 Å². The minimum atomic E-state index is -0.0342. The molecular weight excluding hydrogens is 300 g/mol. The molecule has 2 aromatic rings.